The topological polar surface area (TPSA) is 46.2 Å². The minimum atomic E-state index is -3.76. The predicted molar refractivity (Wildman–Crippen MR) is 78.1 cm³/mol. The predicted octanol–water partition coefficient (Wildman–Crippen LogP) is 3.90. The van der Waals surface area contributed by atoms with Crippen molar-refractivity contribution in [1.29, 1.82) is 0 Å². The number of benzene rings is 2. The van der Waals surface area contributed by atoms with Crippen LogP contribution in [0.25, 0.3) is 0 Å². The Bertz CT molecular complexity index is 760. The lowest BCUT2D eigenvalue weighted by Crippen LogP contribution is -2.13. The van der Waals surface area contributed by atoms with Gasteiger partial charge in [0.2, 0.25) is 0 Å². The van der Waals surface area contributed by atoms with Crippen LogP contribution in [0.5, 0.6) is 0 Å². The first-order chi connectivity index (χ1) is 9.29. The van der Waals surface area contributed by atoms with Gasteiger partial charge in [-0.05, 0) is 55.3 Å². The van der Waals surface area contributed by atoms with Crippen molar-refractivity contribution in [3.63, 3.8) is 0 Å². The fraction of sp³-hybridized carbons (Fsp3) is 0.143. The highest BCUT2D eigenvalue weighted by Crippen LogP contribution is 2.23. The van der Waals surface area contributed by atoms with Gasteiger partial charge in [0.25, 0.3) is 10.0 Å². The molecule has 0 unspecified atom stereocenters. The smallest absolute Gasteiger partial charge is 0.261 e. The summed E-state index contributed by atoms with van der Waals surface area (Å²) < 4.78 is 40.0. The highest BCUT2D eigenvalue weighted by Gasteiger charge is 2.15. The van der Waals surface area contributed by atoms with Gasteiger partial charge >= 0.3 is 0 Å². The molecule has 0 heterocycles. The van der Waals surface area contributed by atoms with Crippen LogP contribution in [-0.4, -0.2) is 8.42 Å². The third-order valence-corrected chi connectivity index (χ3v) is 4.65. The first-order valence-corrected chi connectivity index (χ1v) is 7.71. The van der Waals surface area contributed by atoms with Crippen molar-refractivity contribution >= 4 is 27.3 Å². The number of nitrogens with one attached hydrogen (secondary N) is 1. The summed E-state index contributed by atoms with van der Waals surface area (Å²) >= 11 is 5.95. The van der Waals surface area contributed by atoms with Crippen LogP contribution in [0.15, 0.2) is 41.3 Å². The molecule has 0 bridgehead atoms. The van der Waals surface area contributed by atoms with E-state index >= 15 is 0 Å². The summed E-state index contributed by atoms with van der Waals surface area (Å²) in [4.78, 5) is 0.00750. The first kappa shape index (κ1) is 14.8. The van der Waals surface area contributed by atoms with E-state index in [0.29, 0.717) is 10.7 Å². The Morgan fingerprint density at radius 2 is 1.75 bits per heavy atom. The second kappa shape index (κ2) is 5.42. The first-order valence-electron chi connectivity index (χ1n) is 5.85. The van der Waals surface area contributed by atoms with Gasteiger partial charge in [0.15, 0.2) is 0 Å². The molecule has 2 aromatic rings. The van der Waals surface area contributed by atoms with Crippen molar-refractivity contribution in [1.82, 2.24) is 0 Å². The lowest BCUT2D eigenvalue weighted by molar-refractivity contribution is 0.598. The Labute approximate surface area is 122 Å². The van der Waals surface area contributed by atoms with E-state index < -0.39 is 15.8 Å². The van der Waals surface area contributed by atoms with Crippen LogP contribution < -0.4 is 4.72 Å². The highest BCUT2D eigenvalue weighted by molar-refractivity contribution is 7.92. The molecular formula is C14H13ClFNO2S. The number of anilines is 1. The molecule has 0 aliphatic rings. The Morgan fingerprint density at radius 3 is 2.35 bits per heavy atom. The van der Waals surface area contributed by atoms with Gasteiger partial charge in [-0.25, -0.2) is 12.8 Å². The van der Waals surface area contributed by atoms with Crippen LogP contribution >= 0.6 is 11.6 Å². The normalized spacial score (nSPS) is 11.4. The number of hydrogen-bond acceptors (Lipinski definition) is 2. The average molecular weight is 314 g/mol. The Balaban J connectivity index is 2.35. The summed E-state index contributed by atoms with van der Waals surface area (Å²) in [6.07, 6.45) is 0. The second-order valence-electron chi connectivity index (χ2n) is 4.48. The molecule has 0 radical (unpaired) electrons. The monoisotopic (exact) mass is 313 g/mol. The van der Waals surface area contributed by atoms with Crippen LogP contribution in [0, 0.1) is 19.7 Å². The average Bonchev–Trinajstić information content (AvgIpc) is 2.37. The maximum Gasteiger partial charge on any atom is 0.261 e. The molecule has 20 heavy (non-hydrogen) atoms. The van der Waals surface area contributed by atoms with Crippen molar-refractivity contribution in [2.24, 2.45) is 0 Å². The van der Waals surface area contributed by atoms with E-state index in [1.54, 1.807) is 12.1 Å². The molecular weight excluding hydrogens is 301 g/mol. The Morgan fingerprint density at radius 1 is 1.05 bits per heavy atom. The molecule has 0 atom stereocenters. The molecule has 3 nitrogen and oxygen atoms in total. The van der Waals surface area contributed by atoms with Gasteiger partial charge in [-0.1, -0.05) is 17.7 Å². The van der Waals surface area contributed by atoms with Crippen LogP contribution in [0.2, 0.25) is 5.02 Å². The largest absolute Gasteiger partial charge is 0.280 e. The lowest BCUT2D eigenvalue weighted by Gasteiger charge is -2.10. The molecule has 0 aliphatic heterocycles. The van der Waals surface area contributed by atoms with E-state index in [-0.39, 0.29) is 10.5 Å². The molecule has 1 N–H and O–H groups in total. The van der Waals surface area contributed by atoms with Gasteiger partial charge in [0.1, 0.15) is 5.82 Å². The molecule has 106 valence electrons. The highest BCUT2D eigenvalue weighted by atomic mass is 35.5. The standard InChI is InChI=1S/C14H13ClFNO2S/c1-9-3-4-11(8-13(9)15)17-20(18,19)12-5-6-14(16)10(2)7-12/h3-8,17H,1-2H3. The molecule has 0 aliphatic carbocycles. The van der Waals surface area contributed by atoms with Gasteiger partial charge in [0, 0.05) is 5.02 Å². The van der Waals surface area contributed by atoms with Crippen molar-refractivity contribution in [3.8, 4) is 0 Å². The zero-order chi connectivity index (χ0) is 14.9. The maximum absolute atomic E-state index is 13.2. The Hall–Kier alpha value is -1.59. The zero-order valence-corrected chi connectivity index (χ0v) is 12.5. The van der Waals surface area contributed by atoms with Crippen molar-refractivity contribution in [2.75, 3.05) is 4.72 Å². The third-order valence-electron chi connectivity index (χ3n) is 2.86. The van der Waals surface area contributed by atoms with Crippen LogP contribution in [0.3, 0.4) is 0 Å². The van der Waals surface area contributed by atoms with Crippen molar-refractivity contribution in [3.05, 3.63) is 58.4 Å². The molecule has 0 aromatic heterocycles. The van der Waals surface area contributed by atoms with Crippen LogP contribution in [-0.2, 0) is 10.0 Å². The van der Waals surface area contributed by atoms with Gasteiger partial charge in [0.05, 0.1) is 10.6 Å². The van der Waals surface area contributed by atoms with Crippen molar-refractivity contribution < 1.29 is 12.8 Å². The second-order valence-corrected chi connectivity index (χ2v) is 6.57. The number of halogens is 2. The summed E-state index contributed by atoms with van der Waals surface area (Å²) in [5.74, 6) is -0.442. The minimum Gasteiger partial charge on any atom is -0.280 e. The third kappa shape index (κ3) is 3.11. The SMILES string of the molecule is Cc1cc(S(=O)(=O)Nc2ccc(C)c(Cl)c2)ccc1F. The van der Waals surface area contributed by atoms with E-state index in [4.69, 9.17) is 11.6 Å². The molecule has 0 amide bonds. The zero-order valence-electron chi connectivity index (χ0n) is 10.9. The fourth-order valence-corrected chi connectivity index (χ4v) is 2.97. The number of hydrogen-bond donors (Lipinski definition) is 1. The molecule has 2 rings (SSSR count). The summed E-state index contributed by atoms with van der Waals surface area (Å²) in [5.41, 5.74) is 1.49. The quantitative estimate of drug-likeness (QED) is 0.934. The molecule has 0 spiro atoms. The van der Waals surface area contributed by atoms with E-state index in [9.17, 15) is 12.8 Å². The molecule has 0 saturated heterocycles. The lowest BCUT2D eigenvalue weighted by atomic mass is 10.2. The number of rotatable bonds is 3. The van der Waals surface area contributed by atoms with Gasteiger partial charge in [-0.15, -0.1) is 0 Å². The van der Waals surface area contributed by atoms with E-state index in [0.717, 1.165) is 11.6 Å². The maximum atomic E-state index is 13.2. The summed E-state index contributed by atoms with van der Waals surface area (Å²) in [6, 6.07) is 8.51. The van der Waals surface area contributed by atoms with Gasteiger partial charge in [-0.2, -0.15) is 0 Å². The molecule has 6 heteroatoms. The summed E-state index contributed by atoms with van der Waals surface area (Å²) in [7, 11) is -3.76. The molecule has 2 aromatic carbocycles. The molecule has 0 fully saturated rings. The van der Waals surface area contributed by atoms with Crippen molar-refractivity contribution in [2.45, 2.75) is 18.7 Å². The fourth-order valence-electron chi connectivity index (χ4n) is 1.65. The van der Waals surface area contributed by atoms with Gasteiger partial charge < -0.3 is 0 Å². The minimum absolute atomic E-state index is 0.00750. The van der Waals surface area contributed by atoms with Gasteiger partial charge in [-0.3, -0.25) is 4.72 Å². The van der Waals surface area contributed by atoms with E-state index in [2.05, 4.69) is 4.72 Å². The summed E-state index contributed by atoms with van der Waals surface area (Å²) in [5, 5.41) is 0.473. The summed E-state index contributed by atoms with van der Waals surface area (Å²) in [6.45, 7) is 3.33. The van der Waals surface area contributed by atoms with E-state index in [1.807, 2.05) is 6.92 Å². The van der Waals surface area contributed by atoms with E-state index in [1.165, 1.54) is 25.1 Å². The number of sulfonamides is 1. The van der Waals surface area contributed by atoms with Crippen LogP contribution in [0.1, 0.15) is 11.1 Å². The molecule has 0 saturated carbocycles. The number of aryl methyl sites for hydroxylation is 2. The van der Waals surface area contributed by atoms with Crippen LogP contribution in [0.4, 0.5) is 10.1 Å². The Kier molecular flexibility index (Phi) is 4.01.